The molecule has 1 fully saturated rings. The van der Waals surface area contributed by atoms with Gasteiger partial charge in [0, 0.05) is 18.2 Å². The summed E-state index contributed by atoms with van der Waals surface area (Å²) < 4.78 is 0. The highest BCUT2D eigenvalue weighted by Gasteiger charge is 2.29. The standard InChI is InChI=1S/C23H29N3O2/c1-17-8-6-7-11-21(17)25-22(27)18(2)26-14-12-20(13-15-26)23(28)24-16-19-9-4-3-5-10-19/h3-11,18,20H,12-16H2,1-2H3,(H,24,28)(H,25,27). The monoisotopic (exact) mass is 379 g/mol. The van der Waals surface area contributed by atoms with Crippen LogP contribution in [0.25, 0.3) is 0 Å². The maximum atomic E-state index is 12.6. The molecule has 0 aliphatic carbocycles. The molecule has 2 aromatic rings. The molecule has 2 aromatic carbocycles. The minimum Gasteiger partial charge on any atom is -0.352 e. The van der Waals surface area contributed by atoms with E-state index in [0.29, 0.717) is 6.54 Å². The Bertz CT molecular complexity index is 799. The lowest BCUT2D eigenvalue weighted by Crippen LogP contribution is -2.48. The van der Waals surface area contributed by atoms with Crippen molar-refractivity contribution in [3.8, 4) is 0 Å². The normalized spacial score (nSPS) is 16.4. The molecule has 0 aromatic heterocycles. The average Bonchev–Trinajstić information content (AvgIpc) is 2.74. The molecule has 0 spiro atoms. The molecule has 2 amide bonds. The number of aryl methyl sites for hydroxylation is 1. The van der Waals surface area contributed by atoms with E-state index in [0.717, 1.165) is 42.7 Å². The Morgan fingerprint density at radius 2 is 1.68 bits per heavy atom. The molecule has 0 bridgehead atoms. The fraction of sp³-hybridized carbons (Fsp3) is 0.391. The SMILES string of the molecule is Cc1ccccc1NC(=O)C(C)N1CCC(C(=O)NCc2ccccc2)CC1. The van der Waals surface area contributed by atoms with Crippen molar-refractivity contribution >= 4 is 17.5 Å². The van der Waals surface area contributed by atoms with E-state index in [-0.39, 0.29) is 23.8 Å². The van der Waals surface area contributed by atoms with Crippen LogP contribution < -0.4 is 10.6 Å². The summed E-state index contributed by atoms with van der Waals surface area (Å²) in [5.74, 6) is 0.133. The highest BCUT2D eigenvalue weighted by molar-refractivity contribution is 5.95. The van der Waals surface area contributed by atoms with Crippen molar-refractivity contribution in [2.45, 2.75) is 39.3 Å². The summed E-state index contributed by atoms with van der Waals surface area (Å²) in [6.45, 7) is 6.00. The number of rotatable bonds is 6. The summed E-state index contributed by atoms with van der Waals surface area (Å²) in [5.41, 5.74) is 3.01. The lowest BCUT2D eigenvalue weighted by molar-refractivity contribution is -0.127. The van der Waals surface area contributed by atoms with Crippen LogP contribution in [-0.2, 0) is 16.1 Å². The van der Waals surface area contributed by atoms with Gasteiger partial charge in [0.05, 0.1) is 6.04 Å². The Morgan fingerprint density at radius 3 is 2.36 bits per heavy atom. The largest absolute Gasteiger partial charge is 0.352 e. The molecule has 1 saturated heterocycles. The number of nitrogens with one attached hydrogen (secondary N) is 2. The van der Waals surface area contributed by atoms with E-state index < -0.39 is 0 Å². The number of carbonyl (C=O) groups is 2. The summed E-state index contributed by atoms with van der Waals surface area (Å²) in [6.07, 6.45) is 1.56. The number of para-hydroxylation sites is 1. The van der Waals surface area contributed by atoms with E-state index in [4.69, 9.17) is 0 Å². The van der Waals surface area contributed by atoms with Gasteiger partial charge in [0.1, 0.15) is 0 Å². The molecule has 3 rings (SSSR count). The van der Waals surface area contributed by atoms with E-state index in [1.165, 1.54) is 0 Å². The molecule has 1 unspecified atom stereocenters. The van der Waals surface area contributed by atoms with Crippen molar-refractivity contribution in [2.24, 2.45) is 5.92 Å². The van der Waals surface area contributed by atoms with Crippen molar-refractivity contribution in [1.29, 1.82) is 0 Å². The molecular formula is C23H29N3O2. The van der Waals surface area contributed by atoms with Crippen molar-refractivity contribution in [1.82, 2.24) is 10.2 Å². The molecule has 1 aliphatic rings. The first-order valence-corrected chi connectivity index (χ1v) is 9.97. The van der Waals surface area contributed by atoms with Gasteiger partial charge in [0.15, 0.2) is 0 Å². The van der Waals surface area contributed by atoms with Gasteiger partial charge < -0.3 is 10.6 Å². The van der Waals surface area contributed by atoms with Crippen LogP contribution in [0.5, 0.6) is 0 Å². The molecule has 28 heavy (non-hydrogen) atoms. The van der Waals surface area contributed by atoms with E-state index >= 15 is 0 Å². The summed E-state index contributed by atoms with van der Waals surface area (Å²) in [6, 6.07) is 17.5. The zero-order valence-corrected chi connectivity index (χ0v) is 16.7. The summed E-state index contributed by atoms with van der Waals surface area (Å²) in [5, 5.41) is 6.06. The molecular weight excluding hydrogens is 350 g/mol. The van der Waals surface area contributed by atoms with Crippen molar-refractivity contribution in [3.63, 3.8) is 0 Å². The minimum absolute atomic E-state index is 0.00118. The fourth-order valence-corrected chi connectivity index (χ4v) is 3.59. The first-order chi connectivity index (χ1) is 13.5. The third-order valence-corrected chi connectivity index (χ3v) is 5.54. The van der Waals surface area contributed by atoms with Gasteiger partial charge in [-0.2, -0.15) is 0 Å². The van der Waals surface area contributed by atoms with Crippen LogP contribution in [0.15, 0.2) is 54.6 Å². The number of benzene rings is 2. The molecule has 5 nitrogen and oxygen atoms in total. The van der Waals surface area contributed by atoms with Crippen LogP contribution in [0, 0.1) is 12.8 Å². The van der Waals surface area contributed by atoms with Crippen LogP contribution in [0.1, 0.15) is 30.9 Å². The Morgan fingerprint density at radius 1 is 1.04 bits per heavy atom. The lowest BCUT2D eigenvalue weighted by Gasteiger charge is -2.34. The van der Waals surface area contributed by atoms with Gasteiger partial charge in [-0.1, -0.05) is 48.5 Å². The Kier molecular flexibility index (Phi) is 6.82. The molecule has 1 aliphatic heterocycles. The first kappa shape index (κ1) is 20.1. The van der Waals surface area contributed by atoms with E-state index in [1.807, 2.05) is 68.4 Å². The molecule has 2 N–H and O–H groups in total. The smallest absolute Gasteiger partial charge is 0.241 e. The topological polar surface area (TPSA) is 61.4 Å². The van der Waals surface area contributed by atoms with Gasteiger partial charge >= 0.3 is 0 Å². The zero-order valence-electron chi connectivity index (χ0n) is 16.7. The summed E-state index contributed by atoms with van der Waals surface area (Å²) in [4.78, 5) is 27.2. The van der Waals surface area contributed by atoms with Crippen LogP contribution in [0.3, 0.4) is 0 Å². The second kappa shape index (κ2) is 9.51. The fourth-order valence-electron chi connectivity index (χ4n) is 3.59. The van der Waals surface area contributed by atoms with Gasteiger partial charge in [0.2, 0.25) is 11.8 Å². The van der Waals surface area contributed by atoms with Gasteiger partial charge in [-0.3, -0.25) is 14.5 Å². The molecule has 0 saturated carbocycles. The lowest BCUT2D eigenvalue weighted by atomic mass is 9.94. The summed E-state index contributed by atoms with van der Waals surface area (Å²) in [7, 11) is 0. The number of anilines is 1. The van der Waals surface area contributed by atoms with Crippen LogP contribution in [0.2, 0.25) is 0 Å². The summed E-state index contributed by atoms with van der Waals surface area (Å²) >= 11 is 0. The van der Waals surface area contributed by atoms with E-state index in [9.17, 15) is 9.59 Å². The third-order valence-electron chi connectivity index (χ3n) is 5.54. The maximum Gasteiger partial charge on any atom is 0.241 e. The van der Waals surface area contributed by atoms with Crippen LogP contribution >= 0.6 is 0 Å². The van der Waals surface area contributed by atoms with Crippen molar-refractivity contribution < 1.29 is 9.59 Å². The van der Waals surface area contributed by atoms with Gasteiger partial charge in [-0.15, -0.1) is 0 Å². The number of carbonyl (C=O) groups excluding carboxylic acids is 2. The molecule has 5 heteroatoms. The van der Waals surface area contributed by atoms with Gasteiger partial charge in [-0.05, 0) is 57.0 Å². The Hall–Kier alpha value is -2.66. The van der Waals surface area contributed by atoms with E-state index in [1.54, 1.807) is 0 Å². The minimum atomic E-state index is -0.215. The zero-order chi connectivity index (χ0) is 19.9. The molecule has 0 radical (unpaired) electrons. The number of amides is 2. The third kappa shape index (κ3) is 5.20. The van der Waals surface area contributed by atoms with E-state index in [2.05, 4.69) is 15.5 Å². The second-order valence-electron chi connectivity index (χ2n) is 7.49. The predicted octanol–water partition coefficient (Wildman–Crippen LogP) is 3.35. The van der Waals surface area contributed by atoms with Crippen LogP contribution in [-0.4, -0.2) is 35.8 Å². The quantitative estimate of drug-likeness (QED) is 0.809. The Labute approximate surface area is 167 Å². The number of hydrogen-bond acceptors (Lipinski definition) is 3. The Balaban J connectivity index is 1.45. The van der Waals surface area contributed by atoms with Gasteiger partial charge in [0.25, 0.3) is 0 Å². The molecule has 1 atom stereocenters. The number of likely N-dealkylation sites (tertiary alicyclic amines) is 1. The first-order valence-electron chi connectivity index (χ1n) is 9.97. The predicted molar refractivity (Wildman–Crippen MR) is 112 cm³/mol. The van der Waals surface area contributed by atoms with Crippen molar-refractivity contribution in [2.75, 3.05) is 18.4 Å². The molecule has 148 valence electrons. The van der Waals surface area contributed by atoms with Gasteiger partial charge in [-0.25, -0.2) is 0 Å². The highest BCUT2D eigenvalue weighted by Crippen LogP contribution is 2.21. The average molecular weight is 380 g/mol. The molecule has 1 heterocycles. The van der Waals surface area contributed by atoms with Crippen molar-refractivity contribution in [3.05, 3.63) is 65.7 Å². The highest BCUT2D eigenvalue weighted by atomic mass is 16.2. The number of piperidine rings is 1. The second-order valence-corrected chi connectivity index (χ2v) is 7.49. The number of nitrogens with zero attached hydrogens (tertiary/aromatic N) is 1. The maximum absolute atomic E-state index is 12.6. The number of hydrogen-bond donors (Lipinski definition) is 2. The van der Waals surface area contributed by atoms with Crippen LogP contribution in [0.4, 0.5) is 5.69 Å².